The highest BCUT2D eigenvalue weighted by Gasteiger charge is 2.28. The SMILES string of the molecule is CN1CCN(c2ccccc2C(C)(C)CC(=O)O)CC1. The van der Waals surface area contributed by atoms with E-state index in [0.717, 1.165) is 31.7 Å². The standard InChI is InChI=1S/C16H24N2O2/c1-16(2,12-15(19)20)13-6-4-5-7-14(13)18-10-8-17(3)9-11-18/h4-7H,8-12H2,1-3H3,(H,19,20). The van der Waals surface area contributed by atoms with Crippen LogP contribution in [0.2, 0.25) is 0 Å². The van der Waals surface area contributed by atoms with E-state index in [2.05, 4.69) is 29.0 Å². The van der Waals surface area contributed by atoms with Crippen LogP contribution in [-0.4, -0.2) is 49.2 Å². The molecule has 0 bridgehead atoms. The summed E-state index contributed by atoms with van der Waals surface area (Å²) in [6, 6.07) is 8.22. The number of aliphatic carboxylic acids is 1. The lowest BCUT2D eigenvalue weighted by atomic mass is 9.80. The highest BCUT2D eigenvalue weighted by Crippen LogP contribution is 2.35. The largest absolute Gasteiger partial charge is 0.481 e. The van der Waals surface area contributed by atoms with Crippen LogP contribution in [0.1, 0.15) is 25.8 Å². The third-order valence-corrected chi connectivity index (χ3v) is 4.07. The Labute approximate surface area is 121 Å². The average Bonchev–Trinajstić information content (AvgIpc) is 2.38. The van der Waals surface area contributed by atoms with Crippen molar-refractivity contribution in [3.63, 3.8) is 0 Å². The van der Waals surface area contributed by atoms with Crippen molar-refractivity contribution in [1.82, 2.24) is 4.90 Å². The molecule has 20 heavy (non-hydrogen) atoms. The quantitative estimate of drug-likeness (QED) is 0.915. The second kappa shape index (κ2) is 5.83. The number of nitrogens with zero attached hydrogens (tertiary/aromatic N) is 2. The van der Waals surface area contributed by atoms with E-state index in [4.69, 9.17) is 5.11 Å². The van der Waals surface area contributed by atoms with Crippen molar-refractivity contribution < 1.29 is 9.90 Å². The van der Waals surface area contributed by atoms with E-state index in [-0.39, 0.29) is 11.8 Å². The molecule has 1 aromatic carbocycles. The maximum atomic E-state index is 11.1. The zero-order valence-electron chi connectivity index (χ0n) is 12.6. The van der Waals surface area contributed by atoms with Gasteiger partial charge in [-0.05, 0) is 18.7 Å². The molecular formula is C16H24N2O2. The normalized spacial score (nSPS) is 17.2. The van der Waals surface area contributed by atoms with Gasteiger partial charge in [-0.25, -0.2) is 0 Å². The van der Waals surface area contributed by atoms with Gasteiger partial charge in [-0.15, -0.1) is 0 Å². The number of likely N-dealkylation sites (N-methyl/N-ethyl adjacent to an activating group) is 1. The molecule has 0 atom stereocenters. The maximum absolute atomic E-state index is 11.1. The number of piperazine rings is 1. The summed E-state index contributed by atoms with van der Waals surface area (Å²) in [5.74, 6) is -0.747. The summed E-state index contributed by atoms with van der Waals surface area (Å²) in [5.41, 5.74) is 1.96. The molecule has 1 N–H and O–H groups in total. The minimum Gasteiger partial charge on any atom is -0.481 e. The smallest absolute Gasteiger partial charge is 0.304 e. The molecule has 0 saturated carbocycles. The second-order valence-corrected chi connectivity index (χ2v) is 6.26. The van der Waals surface area contributed by atoms with Crippen LogP contribution in [0, 0.1) is 0 Å². The van der Waals surface area contributed by atoms with Gasteiger partial charge in [0.15, 0.2) is 0 Å². The van der Waals surface area contributed by atoms with Crippen molar-refractivity contribution >= 4 is 11.7 Å². The zero-order valence-corrected chi connectivity index (χ0v) is 12.6. The van der Waals surface area contributed by atoms with Gasteiger partial charge in [-0.3, -0.25) is 4.79 Å². The Bertz CT molecular complexity index is 477. The van der Waals surface area contributed by atoms with Crippen LogP contribution < -0.4 is 4.90 Å². The van der Waals surface area contributed by atoms with Gasteiger partial charge in [0.25, 0.3) is 0 Å². The van der Waals surface area contributed by atoms with Crippen molar-refractivity contribution in [1.29, 1.82) is 0 Å². The highest BCUT2D eigenvalue weighted by molar-refractivity contribution is 5.70. The maximum Gasteiger partial charge on any atom is 0.304 e. The predicted octanol–water partition coefficient (Wildman–Crippen LogP) is 2.19. The summed E-state index contributed by atoms with van der Waals surface area (Å²) in [6.45, 7) is 8.11. The first-order valence-corrected chi connectivity index (χ1v) is 7.15. The number of hydrogen-bond donors (Lipinski definition) is 1. The van der Waals surface area contributed by atoms with Crippen molar-refractivity contribution in [2.75, 3.05) is 38.1 Å². The molecule has 0 radical (unpaired) electrons. The third-order valence-electron chi connectivity index (χ3n) is 4.07. The zero-order chi connectivity index (χ0) is 14.8. The molecule has 2 rings (SSSR count). The number of carboxylic acid groups (broad SMARTS) is 1. The fraction of sp³-hybridized carbons (Fsp3) is 0.562. The van der Waals surface area contributed by atoms with Gasteiger partial charge in [-0.1, -0.05) is 32.0 Å². The van der Waals surface area contributed by atoms with Crippen LogP contribution in [-0.2, 0) is 10.2 Å². The summed E-state index contributed by atoms with van der Waals surface area (Å²) < 4.78 is 0. The highest BCUT2D eigenvalue weighted by atomic mass is 16.4. The molecule has 1 heterocycles. The number of carbonyl (C=O) groups is 1. The number of carboxylic acids is 1. The van der Waals surface area contributed by atoms with Gasteiger partial charge < -0.3 is 14.9 Å². The molecule has 0 aromatic heterocycles. The van der Waals surface area contributed by atoms with Crippen molar-refractivity contribution in [2.24, 2.45) is 0 Å². The molecule has 0 spiro atoms. The van der Waals surface area contributed by atoms with Crippen molar-refractivity contribution in [3.05, 3.63) is 29.8 Å². The molecule has 1 saturated heterocycles. The lowest BCUT2D eigenvalue weighted by Gasteiger charge is -2.37. The fourth-order valence-electron chi connectivity index (χ4n) is 2.84. The van der Waals surface area contributed by atoms with Gasteiger partial charge in [-0.2, -0.15) is 0 Å². The van der Waals surface area contributed by atoms with E-state index in [1.165, 1.54) is 5.69 Å². The Hall–Kier alpha value is -1.55. The van der Waals surface area contributed by atoms with Gasteiger partial charge in [0.05, 0.1) is 6.42 Å². The van der Waals surface area contributed by atoms with Crippen molar-refractivity contribution in [2.45, 2.75) is 25.7 Å². The Kier molecular flexibility index (Phi) is 4.33. The second-order valence-electron chi connectivity index (χ2n) is 6.26. The van der Waals surface area contributed by atoms with Crippen LogP contribution in [0.25, 0.3) is 0 Å². The molecule has 0 unspecified atom stereocenters. The van der Waals surface area contributed by atoms with Gasteiger partial charge >= 0.3 is 5.97 Å². The Morgan fingerprint density at radius 2 is 1.80 bits per heavy atom. The van der Waals surface area contributed by atoms with Crippen LogP contribution >= 0.6 is 0 Å². The lowest BCUT2D eigenvalue weighted by molar-refractivity contribution is -0.138. The van der Waals surface area contributed by atoms with E-state index >= 15 is 0 Å². The average molecular weight is 276 g/mol. The van der Waals surface area contributed by atoms with E-state index in [0.29, 0.717) is 0 Å². The van der Waals surface area contributed by atoms with Gasteiger partial charge in [0.2, 0.25) is 0 Å². The number of hydrogen-bond acceptors (Lipinski definition) is 3. The Morgan fingerprint density at radius 1 is 1.20 bits per heavy atom. The molecule has 0 aliphatic carbocycles. The van der Waals surface area contributed by atoms with E-state index in [1.54, 1.807) is 0 Å². The molecule has 1 aliphatic rings. The minimum absolute atomic E-state index is 0.151. The number of rotatable bonds is 4. The summed E-state index contributed by atoms with van der Waals surface area (Å²) in [7, 11) is 2.14. The molecule has 110 valence electrons. The summed E-state index contributed by atoms with van der Waals surface area (Å²) in [4.78, 5) is 15.8. The molecule has 0 amide bonds. The number of anilines is 1. The topological polar surface area (TPSA) is 43.8 Å². The minimum atomic E-state index is -0.747. The van der Waals surface area contributed by atoms with Crippen LogP contribution in [0.15, 0.2) is 24.3 Å². The summed E-state index contributed by atoms with van der Waals surface area (Å²) in [5, 5.41) is 9.13. The Balaban J connectivity index is 2.28. The number of benzene rings is 1. The monoisotopic (exact) mass is 276 g/mol. The molecule has 1 aliphatic heterocycles. The van der Waals surface area contributed by atoms with Crippen LogP contribution in [0.4, 0.5) is 5.69 Å². The third kappa shape index (κ3) is 3.31. The number of para-hydroxylation sites is 1. The van der Waals surface area contributed by atoms with E-state index in [1.807, 2.05) is 26.0 Å². The molecule has 4 heteroatoms. The lowest BCUT2D eigenvalue weighted by Crippen LogP contribution is -2.45. The van der Waals surface area contributed by atoms with Crippen LogP contribution in [0.5, 0.6) is 0 Å². The molecule has 1 fully saturated rings. The Morgan fingerprint density at radius 3 is 2.40 bits per heavy atom. The summed E-state index contributed by atoms with van der Waals surface area (Å²) >= 11 is 0. The molecule has 4 nitrogen and oxygen atoms in total. The van der Waals surface area contributed by atoms with Gasteiger partial charge in [0, 0.05) is 37.3 Å². The predicted molar refractivity (Wildman–Crippen MR) is 81.4 cm³/mol. The first-order valence-electron chi connectivity index (χ1n) is 7.15. The van der Waals surface area contributed by atoms with Gasteiger partial charge in [0.1, 0.15) is 0 Å². The van der Waals surface area contributed by atoms with E-state index < -0.39 is 5.97 Å². The van der Waals surface area contributed by atoms with Crippen LogP contribution in [0.3, 0.4) is 0 Å². The first kappa shape index (κ1) is 14.9. The van der Waals surface area contributed by atoms with Crippen molar-refractivity contribution in [3.8, 4) is 0 Å². The van der Waals surface area contributed by atoms with E-state index in [9.17, 15) is 4.79 Å². The first-order chi connectivity index (χ1) is 9.40. The fourth-order valence-corrected chi connectivity index (χ4v) is 2.84. The summed E-state index contributed by atoms with van der Waals surface area (Å²) in [6.07, 6.45) is 0.151. The molecule has 1 aromatic rings. The molecular weight excluding hydrogens is 252 g/mol.